The van der Waals surface area contributed by atoms with E-state index in [9.17, 15) is 0 Å². The molecule has 0 unspecified atom stereocenters. The van der Waals surface area contributed by atoms with Crippen molar-refractivity contribution in [3.05, 3.63) is 62.0 Å². The van der Waals surface area contributed by atoms with Gasteiger partial charge in [-0.3, -0.25) is 0 Å². The molecule has 2 nitrogen and oxygen atoms in total. The summed E-state index contributed by atoms with van der Waals surface area (Å²) < 4.78 is 6.61. The Kier molecular flexibility index (Phi) is 5.11. The molecule has 0 fully saturated rings. The summed E-state index contributed by atoms with van der Waals surface area (Å²) in [4.78, 5) is 0. The minimum absolute atomic E-state index is 0.369. The maximum atomic E-state index is 6.12. The van der Waals surface area contributed by atoms with Gasteiger partial charge in [0.05, 0.1) is 5.02 Å². The lowest BCUT2D eigenvalue weighted by atomic mass is 10.2. The van der Waals surface area contributed by atoms with Crippen molar-refractivity contribution in [1.82, 2.24) is 0 Å². The lowest BCUT2D eigenvalue weighted by Crippen LogP contribution is -1.99. The normalized spacial score (nSPS) is 10.5. The van der Waals surface area contributed by atoms with Gasteiger partial charge in [0.1, 0.15) is 12.4 Å². The average Bonchev–Trinajstić information content (AvgIpc) is 2.39. The summed E-state index contributed by atoms with van der Waals surface area (Å²) in [5, 5.41) is 1.21. The fourth-order valence-electron chi connectivity index (χ4n) is 1.58. The highest BCUT2D eigenvalue weighted by Gasteiger charge is 2.05. The van der Waals surface area contributed by atoms with Crippen LogP contribution in [-0.4, -0.2) is 0 Å². The predicted molar refractivity (Wildman–Crippen MR) is 82.8 cm³/mol. The first-order valence-corrected chi connectivity index (χ1v) is 7.20. The number of nitrogens with two attached hydrogens (primary N) is 1. The smallest absolute Gasteiger partial charge is 0.138 e. The highest BCUT2D eigenvalue weighted by atomic mass is 79.9. The first kappa shape index (κ1) is 14.7. The van der Waals surface area contributed by atoms with Crippen molar-refractivity contribution in [2.45, 2.75) is 13.2 Å². The van der Waals surface area contributed by atoms with E-state index in [1.165, 1.54) is 0 Å². The van der Waals surface area contributed by atoms with E-state index in [4.69, 9.17) is 33.7 Å². The maximum Gasteiger partial charge on any atom is 0.138 e. The van der Waals surface area contributed by atoms with Gasteiger partial charge < -0.3 is 10.5 Å². The van der Waals surface area contributed by atoms with E-state index < -0.39 is 0 Å². The summed E-state index contributed by atoms with van der Waals surface area (Å²) in [7, 11) is 0. The lowest BCUT2D eigenvalue weighted by molar-refractivity contribution is 0.306. The number of hydrogen-bond donors (Lipinski definition) is 1. The Morgan fingerprint density at radius 3 is 2.47 bits per heavy atom. The van der Waals surface area contributed by atoms with Crippen LogP contribution in [-0.2, 0) is 13.2 Å². The molecule has 0 heterocycles. The van der Waals surface area contributed by atoms with Gasteiger partial charge in [0, 0.05) is 21.6 Å². The van der Waals surface area contributed by atoms with Crippen LogP contribution < -0.4 is 10.5 Å². The Hall–Kier alpha value is -0.740. The standard InChI is InChI=1S/C14H12BrCl2NO/c15-11-3-2-10(12(16)6-11)8-19-14-4-1-9(7-18)5-13(14)17/h1-6H,7-8,18H2. The molecule has 19 heavy (non-hydrogen) atoms. The van der Waals surface area contributed by atoms with Gasteiger partial charge >= 0.3 is 0 Å². The third-order valence-electron chi connectivity index (χ3n) is 2.63. The van der Waals surface area contributed by atoms with Crippen molar-refractivity contribution >= 4 is 39.1 Å². The van der Waals surface area contributed by atoms with Crippen LogP contribution in [0.2, 0.25) is 10.0 Å². The van der Waals surface area contributed by atoms with Crippen LogP contribution in [0, 0.1) is 0 Å². The monoisotopic (exact) mass is 359 g/mol. The number of benzene rings is 2. The van der Waals surface area contributed by atoms with Gasteiger partial charge in [-0.15, -0.1) is 0 Å². The Morgan fingerprint density at radius 1 is 1.05 bits per heavy atom. The molecule has 0 atom stereocenters. The molecule has 0 radical (unpaired) electrons. The van der Waals surface area contributed by atoms with Crippen molar-refractivity contribution < 1.29 is 4.74 Å². The van der Waals surface area contributed by atoms with E-state index in [1.54, 1.807) is 6.07 Å². The summed E-state index contributed by atoms with van der Waals surface area (Å²) in [6, 6.07) is 11.2. The van der Waals surface area contributed by atoms with E-state index in [2.05, 4.69) is 15.9 Å². The van der Waals surface area contributed by atoms with E-state index >= 15 is 0 Å². The quantitative estimate of drug-likeness (QED) is 0.850. The average molecular weight is 361 g/mol. The van der Waals surface area contributed by atoms with Crippen molar-refractivity contribution in [3.8, 4) is 5.75 Å². The molecule has 0 spiro atoms. The second-order valence-corrected chi connectivity index (χ2v) is 5.72. The fourth-order valence-corrected chi connectivity index (χ4v) is 2.57. The van der Waals surface area contributed by atoms with Crippen molar-refractivity contribution in [3.63, 3.8) is 0 Å². The van der Waals surface area contributed by atoms with Gasteiger partial charge in [-0.05, 0) is 29.8 Å². The predicted octanol–water partition coefficient (Wildman–Crippen LogP) is 4.79. The minimum atomic E-state index is 0.369. The molecule has 100 valence electrons. The van der Waals surface area contributed by atoms with Crippen molar-refractivity contribution in [2.75, 3.05) is 0 Å². The molecule has 0 saturated carbocycles. The van der Waals surface area contributed by atoms with Crippen LogP contribution in [0.4, 0.5) is 0 Å². The molecule has 0 aliphatic heterocycles. The molecule has 0 aliphatic rings. The second kappa shape index (κ2) is 6.62. The molecule has 0 amide bonds. The minimum Gasteiger partial charge on any atom is -0.487 e. The molecule has 0 bridgehead atoms. The first-order chi connectivity index (χ1) is 9.10. The van der Waals surface area contributed by atoms with Crippen LogP contribution in [0.25, 0.3) is 0 Å². The van der Waals surface area contributed by atoms with Crippen LogP contribution >= 0.6 is 39.1 Å². The number of halogens is 3. The highest BCUT2D eigenvalue weighted by Crippen LogP contribution is 2.28. The van der Waals surface area contributed by atoms with Gasteiger partial charge in [-0.25, -0.2) is 0 Å². The summed E-state index contributed by atoms with van der Waals surface area (Å²) in [5.41, 5.74) is 7.42. The number of ether oxygens (including phenoxy) is 1. The largest absolute Gasteiger partial charge is 0.487 e. The first-order valence-electron chi connectivity index (χ1n) is 5.65. The van der Waals surface area contributed by atoms with Crippen LogP contribution in [0.15, 0.2) is 40.9 Å². The molecular formula is C14H12BrCl2NO. The highest BCUT2D eigenvalue weighted by molar-refractivity contribution is 9.10. The van der Waals surface area contributed by atoms with E-state index in [0.717, 1.165) is 15.6 Å². The van der Waals surface area contributed by atoms with Crippen molar-refractivity contribution in [1.29, 1.82) is 0 Å². The zero-order valence-corrected chi connectivity index (χ0v) is 13.1. The van der Waals surface area contributed by atoms with Gasteiger partial charge in [-0.2, -0.15) is 0 Å². The van der Waals surface area contributed by atoms with Crippen molar-refractivity contribution in [2.24, 2.45) is 5.73 Å². The zero-order chi connectivity index (χ0) is 13.8. The van der Waals surface area contributed by atoms with E-state index in [1.807, 2.05) is 30.3 Å². The Labute approximate surface area is 130 Å². The summed E-state index contributed by atoms with van der Waals surface area (Å²) in [6.07, 6.45) is 0. The van der Waals surface area contributed by atoms with Gasteiger partial charge in [0.25, 0.3) is 0 Å². The molecule has 2 N–H and O–H groups in total. The fraction of sp³-hybridized carbons (Fsp3) is 0.143. The second-order valence-electron chi connectivity index (χ2n) is 3.99. The summed E-state index contributed by atoms with van der Waals surface area (Å²) >= 11 is 15.6. The third kappa shape index (κ3) is 3.86. The lowest BCUT2D eigenvalue weighted by Gasteiger charge is -2.10. The SMILES string of the molecule is NCc1ccc(OCc2ccc(Br)cc2Cl)c(Cl)c1. The molecule has 2 aromatic carbocycles. The molecule has 0 saturated heterocycles. The summed E-state index contributed by atoms with van der Waals surface area (Å²) in [5.74, 6) is 0.623. The van der Waals surface area contributed by atoms with Gasteiger partial charge in [0.15, 0.2) is 0 Å². The number of hydrogen-bond acceptors (Lipinski definition) is 2. The molecule has 0 aliphatic carbocycles. The zero-order valence-electron chi connectivity index (χ0n) is 10.00. The van der Waals surface area contributed by atoms with Crippen LogP contribution in [0.5, 0.6) is 5.75 Å². The third-order valence-corrected chi connectivity index (χ3v) is 3.77. The van der Waals surface area contributed by atoms with Gasteiger partial charge in [-0.1, -0.05) is 51.3 Å². The Balaban J connectivity index is 2.10. The van der Waals surface area contributed by atoms with E-state index in [0.29, 0.717) is 28.9 Å². The van der Waals surface area contributed by atoms with Gasteiger partial charge in [0.2, 0.25) is 0 Å². The Bertz CT molecular complexity index is 590. The Morgan fingerprint density at radius 2 is 1.84 bits per heavy atom. The molecule has 2 aromatic rings. The molecule has 2 rings (SSSR count). The summed E-state index contributed by atoms with van der Waals surface area (Å²) in [6.45, 7) is 0.826. The number of rotatable bonds is 4. The van der Waals surface area contributed by atoms with Crippen LogP contribution in [0.3, 0.4) is 0 Å². The maximum absolute atomic E-state index is 6.12. The molecular weight excluding hydrogens is 349 g/mol. The van der Waals surface area contributed by atoms with Crippen LogP contribution in [0.1, 0.15) is 11.1 Å². The van der Waals surface area contributed by atoms with E-state index in [-0.39, 0.29) is 0 Å². The topological polar surface area (TPSA) is 35.2 Å². The molecule has 5 heteroatoms. The molecule has 0 aromatic heterocycles.